The van der Waals surface area contributed by atoms with Crippen LogP contribution in [0.2, 0.25) is 0 Å². The molecule has 0 aliphatic carbocycles. The fraction of sp³-hybridized carbons (Fsp3) is 0.650. The monoisotopic (exact) mass is 345 g/mol. The maximum atomic E-state index is 12.6. The second-order valence-electron chi connectivity index (χ2n) is 7.59. The van der Waals surface area contributed by atoms with E-state index in [1.165, 1.54) is 0 Å². The first-order valence-corrected chi connectivity index (χ1v) is 9.56. The number of hydrogen-bond acceptors (Lipinski definition) is 4. The lowest BCUT2D eigenvalue weighted by molar-refractivity contribution is -0.129. The Kier molecular flexibility index (Phi) is 6.32. The van der Waals surface area contributed by atoms with Gasteiger partial charge in [0.15, 0.2) is 0 Å². The van der Waals surface area contributed by atoms with E-state index in [2.05, 4.69) is 24.1 Å². The van der Waals surface area contributed by atoms with E-state index in [9.17, 15) is 4.79 Å². The summed E-state index contributed by atoms with van der Waals surface area (Å²) in [7, 11) is 0. The van der Waals surface area contributed by atoms with Gasteiger partial charge in [-0.15, -0.1) is 0 Å². The van der Waals surface area contributed by atoms with Gasteiger partial charge in [0.25, 0.3) is 0 Å². The van der Waals surface area contributed by atoms with Crippen molar-refractivity contribution in [2.75, 3.05) is 45.9 Å². The highest BCUT2D eigenvalue weighted by Crippen LogP contribution is 2.19. The molecule has 5 heteroatoms. The molecule has 1 atom stereocenters. The van der Waals surface area contributed by atoms with Crippen molar-refractivity contribution in [1.82, 2.24) is 15.1 Å². The third-order valence-corrected chi connectivity index (χ3v) is 5.05. The summed E-state index contributed by atoms with van der Waals surface area (Å²) < 4.78 is 5.70. The van der Waals surface area contributed by atoms with Crippen LogP contribution in [-0.4, -0.2) is 67.6 Å². The van der Waals surface area contributed by atoms with E-state index in [0.717, 1.165) is 63.6 Å². The minimum Gasteiger partial charge on any atom is -0.493 e. The Balaban J connectivity index is 1.47. The van der Waals surface area contributed by atoms with E-state index in [1.54, 1.807) is 0 Å². The first kappa shape index (κ1) is 18.2. The molecule has 2 saturated heterocycles. The molecule has 2 aliphatic rings. The molecule has 1 N–H and O–H groups in total. The molecule has 0 spiro atoms. The highest BCUT2D eigenvalue weighted by Gasteiger charge is 2.30. The minimum atomic E-state index is 0.244. The third-order valence-electron chi connectivity index (χ3n) is 5.05. The Bertz CT molecular complexity index is 553. The molecule has 1 unspecified atom stereocenters. The van der Waals surface area contributed by atoms with Gasteiger partial charge in [0.2, 0.25) is 5.91 Å². The number of piperazine rings is 1. The van der Waals surface area contributed by atoms with Gasteiger partial charge >= 0.3 is 0 Å². The highest BCUT2D eigenvalue weighted by atomic mass is 16.5. The molecular weight excluding hydrogens is 314 g/mol. The number of carbonyl (C=O) groups is 1. The van der Waals surface area contributed by atoms with Crippen molar-refractivity contribution < 1.29 is 9.53 Å². The highest BCUT2D eigenvalue weighted by molar-refractivity contribution is 5.79. The van der Waals surface area contributed by atoms with Gasteiger partial charge in [-0.25, -0.2) is 0 Å². The molecule has 2 heterocycles. The quantitative estimate of drug-likeness (QED) is 0.853. The summed E-state index contributed by atoms with van der Waals surface area (Å²) in [6, 6.07) is 8.50. The van der Waals surface area contributed by atoms with Crippen LogP contribution in [0.25, 0.3) is 0 Å². The number of nitrogens with one attached hydrogen (secondary N) is 1. The molecule has 1 amide bonds. The first-order chi connectivity index (χ1) is 12.1. The molecule has 1 aromatic carbocycles. The smallest absolute Gasteiger partial charge is 0.227 e. The zero-order chi connectivity index (χ0) is 17.6. The lowest BCUT2D eigenvalue weighted by Crippen LogP contribution is -2.49. The van der Waals surface area contributed by atoms with E-state index in [-0.39, 0.29) is 5.91 Å². The van der Waals surface area contributed by atoms with Crippen molar-refractivity contribution >= 4 is 5.91 Å². The topological polar surface area (TPSA) is 44.8 Å². The summed E-state index contributed by atoms with van der Waals surface area (Å²) in [5.41, 5.74) is 1.06. The average Bonchev–Trinajstić information content (AvgIpc) is 3.12. The van der Waals surface area contributed by atoms with Crippen LogP contribution >= 0.6 is 0 Å². The molecule has 5 nitrogen and oxygen atoms in total. The summed E-state index contributed by atoms with van der Waals surface area (Å²) in [6.07, 6.45) is 1.59. The Morgan fingerprint density at radius 1 is 1.20 bits per heavy atom. The fourth-order valence-electron chi connectivity index (χ4n) is 3.57. The van der Waals surface area contributed by atoms with Crippen molar-refractivity contribution in [3.63, 3.8) is 0 Å². The largest absolute Gasteiger partial charge is 0.493 e. The molecule has 25 heavy (non-hydrogen) atoms. The van der Waals surface area contributed by atoms with E-state index in [4.69, 9.17) is 4.74 Å². The van der Waals surface area contributed by atoms with Crippen molar-refractivity contribution in [3.05, 3.63) is 29.8 Å². The van der Waals surface area contributed by atoms with E-state index < -0.39 is 0 Å². The standard InChI is InChI=1S/C20H31N3O2/c1-16(2)15-25-19-5-3-17(4-6-19)13-20(24)23-10-7-18(14-23)22-11-8-21-9-12-22/h3-6,16,18,21H,7-15H2,1-2H3. The predicted octanol–water partition coefficient (Wildman–Crippen LogP) is 1.77. The van der Waals surface area contributed by atoms with Crippen LogP contribution in [0.3, 0.4) is 0 Å². The summed E-state index contributed by atoms with van der Waals surface area (Å²) >= 11 is 0. The number of nitrogens with zero attached hydrogens (tertiary/aromatic N) is 2. The molecule has 0 aromatic heterocycles. The SMILES string of the molecule is CC(C)COc1ccc(CC(=O)N2CCC(N3CCNCC3)C2)cc1. The van der Waals surface area contributed by atoms with Crippen LogP contribution in [-0.2, 0) is 11.2 Å². The van der Waals surface area contributed by atoms with Crippen LogP contribution in [0.1, 0.15) is 25.8 Å². The Hall–Kier alpha value is -1.59. The van der Waals surface area contributed by atoms with Crippen LogP contribution in [0.15, 0.2) is 24.3 Å². The van der Waals surface area contributed by atoms with E-state index >= 15 is 0 Å². The van der Waals surface area contributed by atoms with Crippen molar-refractivity contribution in [1.29, 1.82) is 0 Å². The molecule has 2 fully saturated rings. The zero-order valence-electron chi connectivity index (χ0n) is 15.5. The molecular formula is C20H31N3O2. The van der Waals surface area contributed by atoms with Gasteiger partial charge < -0.3 is 15.0 Å². The molecule has 0 bridgehead atoms. The molecule has 0 saturated carbocycles. The molecule has 0 radical (unpaired) electrons. The maximum absolute atomic E-state index is 12.6. The maximum Gasteiger partial charge on any atom is 0.227 e. The van der Waals surface area contributed by atoms with Crippen LogP contribution in [0.4, 0.5) is 0 Å². The summed E-state index contributed by atoms with van der Waals surface area (Å²) in [6.45, 7) is 11.1. The van der Waals surface area contributed by atoms with Gasteiger partial charge in [-0.2, -0.15) is 0 Å². The zero-order valence-corrected chi connectivity index (χ0v) is 15.5. The fourth-order valence-corrected chi connectivity index (χ4v) is 3.57. The van der Waals surface area contributed by atoms with Gasteiger partial charge in [-0.1, -0.05) is 26.0 Å². The summed E-state index contributed by atoms with van der Waals surface area (Å²) in [4.78, 5) is 17.2. The van der Waals surface area contributed by atoms with Crippen LogP contribution in [0, 0.1) is 5.92 Å². The number of rotatable bonds is 6. The number of carbonyl (C=O) groups excluding carboxylic acids is 1. The Labute approximate surface area is 151 Å². The number of hydrogen-bond donors (Lipinski definition) is 1. The number of likely N-dealkylation sites (tertiary alicyclic amines) is 1. The molecule has 2 aliphatic heterocycles. The van der Waals surface area contributed by atoms with Crippen LogP contribution < -0.4 is 10.1 Å². The summed E-state index contributed by atoms with van der Waals surface area (Å²) in [5.74, 6) is 1.64. The van der Waals surface area contributed by atoms with E-state index in [1.807, 2.05) is 29.2 Å². The Morgan fingerprint density at radius 2 is 1.92 bits per heavy atom. The lowest BCUT2D eigenvalue weighted by Gasteiger charge is -2.32. The Morgan fingerprint density at radius 3 is 2.60 bits per heavy atom. The van der Waals surface area contributed by atoms with Crippen molar-refractivity contribution in [2.45, 2.75) is 32.7 Å². The lowest BCUT2D eigenvalue weighted by atomic mass is 10.1. The van der Waals surface area contributed by atoms with E-state index in [0.29, 0.717) is 18.4 Å². The van der Waals surface area contributed by atoms with Gasteiger partial charge in [0.05, 0.1) is 13.0 Å². The predicted molar refractivity (Wildman–Crippen MR) is 99.9 cm³/mol. The molecule has 1 aromatic rings. The normalized spacial score (nSPS) is 21.7. The van der Waals surface area contributed by atoms with Gasteiger partial charge in [-0.3, -0.25) is 9.69 Å². The van der Waals surface area contributed by atoms with Crippen molar-refractivity contribution in [2.24, 2.45) is 5.92 Å². The van der Waals surface area contributed by atoms with Crippen LogP contribution in [0.5, 0.6) is 5.75 Å². The third kappa shape index (κ3) is 5.19. The average molecular weight is 345 g/mol. The number of benzene rings is 1. The molecule has 138 valence electrons. The van der Waals surface area contributed by atoms with Gasteiger partial charge in [-0.05, 0) is 30.0 Å². The second kappa shape index (κ2) is 8.68. The second-order valence-corrected chi connectivity index (χ2v) is 7.59. The van der Waals surface area contributed by atoms with Gasteiger partial charge in [0, 0.05) is 45.3 Å². The first-order valence-electron chi connectivity index (χ1n) is 9.56. The number of ether oxygens (including phenoxy) is 1. The minimum absolute atomic E-state index is 0.244. The summed E-state index contributed by atoms with van der Waals surface area (Å²) in [5, 5.41) is 3.39. The molecule has 3 rings (SSSR count). The van der Waals surface area contributed by atoms with Crippen molar-refractivity contribution in [3.8, 4) is 5.75 Å². The number of amides is 1. The van der Waals surface area contributed by atoms with Gasteiger partial charge in [0.1, 0.15) is 5.75 Å².